The van der Waals surface area contributed by atoms with Crippen LogP contribution in [0.5, 0.6) is 0 Å². The molecule has 0 radical (unpaired) electrons. The molecule has 1 aromatic heterocycles. The lowest BCUT2D eigenvalue weighted by molar-refractivity contribution is 0.0475. The average molecular weight is 361 g/mol. The molecule has 0 fully saturated rings. The highest BCUT2D eigenvalue weighted by Gasteiger charge is 2.18. The van der Waals surface area contributed by atoms with Crippen molar-refractivity contribution >= 4 is 22.7 Å². The largest absolute Gasteiger partial charge is 0.454 e. The number of benzene rings is 2. The second-order valence-electron chi connectivity index (χ2n) is 7.09. The predicted octanol–water partition coefficient (Wildman–Crippen LogP) is 4.65. The predicted molar refractivity (Wildman–Crippen MR) is 105 cm³/mol. The fraction of sp³-hybridized carbons (Fsp3) is 0.304. The molecule has 2 aromatic carbocycles. The molecule has 0 aliphatic heterocycles. The fourth-order valence-electron chi connectivity index (χ4n) is 3.90. The van der Waals surface area contributed by atoms with Crippen molar-refractivity contribution in [2.24, 2.45) is 0 Å². The molecule has 138 valence electrons. The van der Waals surface area contributed by atoms with Crippen LogP contribution in [0.1, 0.15) is 57.2 Å². The highest BCUT2D eigenvalue weighted by atomic mass is 16.5. The van der Waals surface area contributed by atoms with Crippen LogP contribution in [0.2, 0.25) is 0 Å². The summed E-state index contributed by atoms with van der Waals surface area (Å²) in [4.78, 5) is 28.2. The molecule has 0 unspecified atom stereocenters. The van der Waals surface area contributed by atoms with Crippen LogP contribution in [0.15, 0.2) is 42.6 Å². The van der Waals surface area contributed by atoms with Gasteiger partial charge in [-0.05, 0) is 60.9 Å². The molecule has 1 heterocycles. The van der Waals surface area contributed by atoms with Crippen molar-refractivity contribution in [3.05, 3.63) is 70.4 Å². The summed E-state index contributed by atoms with van der Waals surface area (Å²) >= 11 is 0. The maximum absolute atomic E-state index is 12.6. The van der Waals surface area contributed by atoms with E-state index in [1.807, 2.05) is 30.3 Å². The number of esters is 1. The Morgan fingerprint density at radius 1 is 1.07 bits per heavy atom. The van der Waals surface area contributed by atoms with E-state index >= 15 is 0 Å². The van der Waals surface area contributed by atoms with E-state index in [0.29, 0.717) is 11.1 Å². The summed E-state index contributed by atoms with van der Waals surface area (Å²) in [7, 11) is 0. The highest BCUT2D eigenvalue weighted by molar-refractivity contribution is 6.09. The number of rotatable bonds is 5. The van der Waals surface area contributed by atoms with Gasteiger partial charge in [-0.3, -0.25) is 4.79 Å². The minimum absolute atomic E-state index is 0.194. The van der Waals surface area contributed by atoms with E-state index < -0.39 is 5.97 Å². The summed E-state index contributed by atoms with van der Waals surface area (Å²) in [5.74, 6) is -0.633. The van der Waals surface area contributed by atoms with Crippen molar-refractivity contribution < 1.29 is 14.3 Å². The number of ether oxygens (including phenoxy) is 1. The van der Waals surface area contributed by atoms with E-state index in [1.54, 1.807) is 12.3 Å². The Morgan fingerprint density at radius 2 is 1.89 bits per heavy atom. The Kier molecular flexibility index (Phi) is 4.80. The van der Waals surface area contributed by atoms with Crippen LogP contribution >= 0.6 is 0 Å². The normalized spacial score (nSPS) is 13.4. The molecule has 1 aliphatic carbocycles. The van der Waals surface area contributed by atoms with Gasteiger partial charge in [-0.25, -0.2) is 4.79 Å². The molecular formula is C23H23NO3. The number of aromatic amines is 1. The van der Waals surface area contributed by atoms with Gasteiger partial charge in [-0.2, -0.15) is 0 Å². The quantitative estimate of drug-likeness (QED) is 0.532. The summed E-state index contributed by atoms with van der Waals surface area (Å²) in [5.41, 5.74) is 5.78. The van der Waals surface area contributed by atoms with E-state index in [9.17, 15) is 9.59 Å². The number of carbonyl (C=O) groups excluding carboxylic acids is 2. The number of fused-ring (bicyclic) bond motifs is 2. The lowest BCUT2D eigenvalue weighted by Gasteiger charge is -2.16. The van der Waals surface area contributed by atoms with Crippen molar-refractivity contribution in [3.63, 3.8) is 0 Å². The van der Waals surface area contributed by atoms with Crippen LogP contribution in [-0.2, 0) is 24.0 Å². The summed E-state index contributed by atoms with van der Waals surface area (Å²) in [6, 6.07) is 11.6. The zero-order chi connectivity index (χ0) is 18.8. The van der Waals surface area contributed by atoms with Gasteiger partial charge in [-0.1, -0.05) is 31.2 Å². The molecule has 0 saturated heterocycles. The van der Waals surface area contributed by atoms with E-state index in [1.165, 1.54) is 17.5 Å². The van der Waals surface area contributed by atoms with Crippen LogP contribution in [-0.4, -0.2) is 23.3 Å². The van der Waals surface area contributed by atoms with E-state index in [-0.39, 0.29) is 12.4 Å². The molecule has 27 heavy (non-hydrogen) atoms. The van der Waals surface area contributed by atoms with Crippen LogP contribution in [0, 0.1) is 0 Å². The van der Waals surface area contributed by atoms with Crippen LogP contribution in [0.3, 0.4) is 0 Å². The molecule has 4 heteroatoms. The lowest BCUT2D eigenvalue weighted by atomic mass is 9.90. The summed E-state index contributed by atoms with van der Waals surface area (Å²) in [6.45, 7) is 1.83. The number of aromatic nitrogens is 1. The first-order valence-corrected chi connectivity index (χ1v) is 9.58. The third kappa shape index (κ3) is 3.39. The number of para-hydroxylation sites is 1. The molecular weight excluding hydrogens is 338 g/mol. The third-order valence-electron chi connectivity index (χ3n) is 5.40. The minimum atomic E-state index is -0.439. The van der Waals surface area contributed by atoms with Crippen LogP contribution in [0.4, 0.5) is 0 Å². The highest BCUT2D eigenvalue weighted by Crippen LogP contribution is 2.24. The molecule has 0 atom stereocenters. The maximum atomic E-state index is 12.6. The van der Waals surface area contributed by atoms with Gasteiger partial charge in [0.05, 0.1) is 5.56 Å². The smallest absolute Gasteiger partial charge is 0.338 e. The monoisotopic (exact) mass is 361 g/mol. The van der Waals surface area contributed by atoms with E-state index in [2.05, 4.69) is 11.9 Å². The van der Waals surface area contributed by atoms with Crippen LogP contribution in [0.25, 0.3) is 10.9 Å². The minimum Gasteiger partial charge on any atom is -0.454 e. The Morgan fingerprint density at radius 3 is 2.70 bits per heavy atom. The van der Waals surface area contributed by atoms with Gasteiger partial charge >= 0.3 is 5.97 Å². The van der Waals surface area contributed by atoms with E-state index in [0.717, 1.165) is 42.1 Å². The molecule has 0 spiro atoms. The van der Waals surface area contributed by atoms with E-state index in [4.69, 9.17) is 4.74 Å². The molecule has 4 nitrogen and oxygen atoms in total. The zero-order valence-corrected chi connectivity index (χ0v) is 15.5. The topological polar surface area (TPSA) is 59.2 Å². The molecule has 4 rings (SSSR count). The first kappa shape index (κ1) is 17.5. The van der Waals surface area contributed by atoms with Gasteiger partial charge in [0.1, 0.15) is 0 Å². The third-order valence-corrected chi connectivity index (χ3v) is 5.40. The average Bonchev–Trinajstić information content (AvgIpc) is 3.15. The van der Waals surface area contributed by atoms with Crippen molar-refractivity contribution in [1.82, 2.24) is 4.98 Å². The van der Waals surface area contributed by atoms with Gasteiger partial charge in [0.25, 0.3) is 0 Å². The van der Waals surface area contributed by atoms with Gasteiger partial charge in [0, 0.05) is 22.7 Å². The number of Topliss-reactive ketones (excluding diaryl/α,β-unsaturated/α-hetero) is 1. The maximum Gasteiger partial charge on any atom is 0.338 e. The Bertz CT molecular complexity index is 1020. The fourth-order valence-corrected chi connectivity index (χ4v) is 3.90. The van der Waals surface area contributed by atoms with Crippen molar-refractivity contribution in [2.75, 3.05) is 6.61 Å². The number of hydrogen-bond acceptors (Lipinski definition) is 3. The zero-order valence-electron chi connectivity index (χ0n) is 15.5. The molecule has 0 saturated carbocycles. The molecule has 0 amide bonds. The van der Waals surface area contributed by atoms with Crippen molar-refractivity contribution in [2.45, 2.75) is 39.0 Å². The molecule has 3 aromatic rings. The second-order valence-corrected chi connectivity index (χ2v) is 7.09. The summed E-state index contributed by atoms with van der Waals surface area (Å²) < 4.78 is 5.31. The van der Waals surface area contributed by atoms with Crippen molar-refractivity contribution in [1.29, 1.82) is 0 Å². The number of nitrogens with one attached hydrogen (secondary N) is 1. The van der Waals surface area contributed by atoms with Gasteiger partial charge < -0.3 is 9.72 Å². The molecule has 1 aliphatic rings. The Balaban J connectivity index is 1.47. The van der Waals surface area contributed by atoms with Gasteiger partial charge in [0.15, 0.2) is 6.61 Å². The van der Waals surface area contributed by atoms with Gasteiger partial charge in [0.2, 0.25) is 5.78 Å². The molecule has 1 N–H and O–H groups in total. The number of H-pyrrole nitrogens is 1. The summed E-state index contributed by atoms with van der Waals surface area (Å²) in [6.07, 6.45) is 7.03. The first-order chi connectivity index (χ1) is 13.2. The lowest BCUT2D eigenvalue weighted by Crippen LogP contribution is -2.15. The number of aryl methyl sites for hydroxylation is 3. The second kappa shape index (κ2) is 7.39. The Labute approximate surface area is 158 Å². The first-order valence-electron chi connectivity index (χ1n) is 9.58. The SMILES string of the molecule is CCc1cccc2c(C(=O)COC(=O)c3ccc4c(c3)CCCC4)c[nH]c12. The molecule has 0 bridgehead atoms. The standard InChI is InChI=1S/C23H23NO3/c1-2-15-8-5-9-19-20(13-24-22(15)19)21(25)14-27-23(26)18-11-10-16-6-3-4-7-17(16)12-18/h5,8-13,24H,2-4,6-7,14H2,1H3. The number of hydrogen-bond donors (Lipinski definition) is 1. The summed E-state index contributed by atoms with van der Waals surface area (Å²) in [5, 5.41) is 0.879. The van der Waals surface area contributed by atoms with Crippen LogP contribution < -0.4 is 0 Å². The number of ketones is 1. The van der Waals surface area contributed by atoms with Crippen molar-refractivity contribution in [3.8, 4) is 0 Å². The van der Waals surface area contributed by atoms with Gasteiger partial charge in [-0.15, -0.1) is 0 Å². The number of carbonyl (C=O) groups is 2. The Hall–Kier alpha value is -2.88.